The standard InChI is InChI=1S/C9H16N2O/c1-3-4-5-9-6-10-7-11(9)8-12-2/h6-7H,3-5,8H2,1-2H3. The van der Waals surface area contributed by atoms with Gasteiger partial charge in [-0.1, -0.05) is 13.3 Å². The Hall–Kier alpha value is -0.830. The van der Waals surface area contributed by atoms with E-state index in [4.69, 9.17) is 4.74 Å². The second kappa shape index (κ2) is 4.93. The van der Waals surface area contributed by atoms with Crippen LogP contribution >= 0.6 is 0 Å². The van der Waals surface area contributed by atoms with E-state index >= 15 is 0 Å². The zero-order chi connectivity index (χ0) is 8.81. The summed E-state index contributed by atoms with van der Waals surface area (Å²) in [6.45, 7) is 2.80. The molecule has 0 aliphatic heterocycles. The van der Waals surface area contributed by atoms with Crippen molar-refractivity contribution in [3.8, 4) is 0 Å². The van der Waals surface area contributed by atoms with Crippen LogP contribution in [0.2, 0.25) is 0 Å². The number of hydrogen-bond donors (Lipinski definition) is 0. The molecule has 0 aromatic carbocycles. The summed E-state index contributed by atoms with van der Waals surface area (Å²) in [7, 11) is 1.70. The summed E-state index contributed by atoms with van der Waals surface area (Å²) in [5, 5.41) is 0. The Morgan fingerprint density at radius 3 is 3.08 bits per heavy atom. The maximum atomic E-state index is 5.03. The SMILES string of the molecule is CCCCc1cncn1COC. The molecule has 0 aliphatic rings. The maximum Gasteiger partial charge on any atom is 0.123 e. The molecule has 0 fully saturated rings. The van der Waals surface area contributed by atoms with Crippen LogP contribution in [0.25, 0.3) is 0 Å². The molecule has 0 atom stereocenters. The molecule has 68 valence electrons. The van der Waals surface area contributed by atoms with Crippen LogP contribution in [0.3, 0.4) is 0 Å². The monoisotopic (exact) mass is 168 g/mol. The minimum atomic E-state index is 0.610. The van der Waals surface area contributed by atoms with Crippen molar-refractivity contribution in [2.45, 2.75) is 32.9 Å². The average Bonchev–Trinajstić information content (AvgIpc) is 2.50. The first-order chi connectivity index (χ1) is 5.88. The summed E-state index contributed by atoms with van der Waals surface area (Å²) in [5.41, 5.74) is 1.26. The van der Waals surface area contributed by atoms with Crippen LogP contribution in [0.5, 0.6) is 0 Å². The van der Waals surface area contributed by atoms with E-state index in [0.29, 0.717) is 6.73 Å². The smallest absolute Gasteiger partial charge is 0.123 e. The average molecular weight is 168 g/mol. The number of hydrogen-bond acceptors (Lipinski definition) is 2. The summed E-state index contributed by atoms with van der Waals surface area (Å²) in [4.78, 5) is 4.08. The van der Waals surface area contributed by atoms with E-state index in [9.17, 15) is 0 Å². The van der Waals surface area contributed by atoms with Gasteiger partial charge in [0.1, 0.15) is 6.73 Å². The lowest BCUT2D eigenvalue weighted by molar-refractivity contribution is 0.128. The van der Waals surface area contributed by atoms with Crippen molar-refractivity contribution in [1.82, 2.24) is 9.55 Å². The lowest BCUT2D eigenvalue weighted by Gasteiger charge is -2.05. The van der Waals surface area contributed by atoms with Gasteiger partial charge in [0.2, 0.25) is 0 Å². The Morgan fingerprint density at radius 1 is 1.58 bits per heavy atom. The van der Waals surface area contributed by atoms with Crippen molar-refractivity contribution in [3.05, 3.63) is 18.2 Å². The molecule has 3 heteroatoms. The first-order valence-electron chi connectivity index (χ1n) is 4.36. The number of imidazole rings is 1. The second-order valence-corrected chi connectivity index (χ2v) is 2.88. The summed E-state index contributed by atoms with van der Waals surface area (Å²) in [5.74, 6) is 0. The molecular formula is C9H16N2O. The molecule has 0 spiro atoms. The first-order valence-corrected chi connectivity index (χ1v) is 4.36. The van der Waals surface area contributed by atoms with E-state index < -0.39 is 0 Å². The van der Waals surface area contributed by atoms with Gasteiger partial charge < -0.3 is 9.30 Å². The van der Waals surface area contributed by atoms with Gasteiger partial charge >= 0.3 is 0 Å². The fraction of sp³-hybridized carbons (Fsp3) is 0.667. The van der Waals surface area contributed by atoms with Crippen LogP contribution in [0.1, 0.15) is 25.5 Å². The van der Waals surface area contributed by atoms with Gasteiger partial charge in [-0.25, -0.2) is 4.98 Å². The quantitative estimate of drug-likeness (QED) is 0.670. The molecule has 1 aromatic rings. The summed E-state index contributed by atoms with van der Waals surface area (Å²) >= 11 is 0. The predicted molar refractivity (Wildman–Crippen MR) is 47.8 cm³/mol. The molecule has 12 heavy (non-hydrogen) atoms. The number of ether oxygens (including phenoxy) is 1. The third kappa shape index (κ3) is 2.34. The topological polar surface area (TPSA) is 27.1 Å². The Balaban J connectivity index is 2.51. The zero-order valence-electron chi connectivity index (χ0n) is 7.79. The maximum absolute atomic E-state index is 5.03. The van der Waals surface area contributed by atoms with E-state index in [2.05, 4.69) is 11.9 Å². The number of unbranched alkanes of at least 4 members (excludes halogenated alkanes) is 1. The largest absolute Gasteiger partial charge is 0.364 e. The van der Waals surface area contributed by atoms with E-state index in [-0.39, 0.29) is 0 Å². The van der Waals surface area contributed by atoms with E-state index in [1.807, 2.05) is 17.1 Å². The van der Waals surface area contributed by atoms with Crippen molar-refractivity contribution in [2.24, 2.45) is 0 Å². The molecule has 1 heterocycles. The Bertz CT molecular complexity index is 220. The van der Waals surface area contributed by atoms with Gasteiger partial charge in [0.05, 0.1) is 6.33 Å². The summed E-state index contributed by atoms with van der Waals surface area (Å²) < 4.78 is 7.07. The fourth-order valence-electron chi connectivity index (χ4n) is 1.17. The van der Waals surface area contributed by atoms with Gasteiger partial charge in [0.25, 0.3) is 0 Å². The minimum absolute atomic E-state index is 0.610. The van der Waals surface area contributed by atoms with Gasteiger partial charge in [-0.2, -0.15) is 0 Å². The van der Waals surface area contributed by atoms with E-state index in [1.165, 1.54) is 18.5 Å². The summed E-state index contributed by atoms with van der Waals surface area (Å²) in [6, 6.07) is 0. The molecule has 0 N–H and O–H groups in total. The lowest BCUT2D eigenvalue weighted by atomic mass is 10.2. The van der Waals surface area contributed by atoms with Crippen LogP contribution in [-0.2, 0) is 17.9 Å². The number of aromatic nitrogens is 2. The molecule has 1 aromatic heterocycles. The van der Waals surface area contributed by atoms with Crippen LogP contribution < -0.4 is 0 Å². The molecule has 0 aliphatic carbocycles. The lowest BCUT2D eigenvalue weighted by Crippen LogP contribution is -2.02. The molecule has 0 saturated heterocycles. The van der Waals surface area contributed by atoms with E-state index in [1.54, 1.807) is 7.11 Å². The second-order valence-electron chi connectivity index (χ2n) is 2.88. The van der Waals surface area contributed by atoms with Crippen LogP contribution in [0, 0.1) is 0 Å². The van der Waals surface area contributed by atoms with Gasteiger partial charge in [-0.15, -0.1) is 0 Å². The highest BCUT2D eigenvalue weighted by Gasteiger charge is 1.99. The molecule has 0 unspecified atom stereocenters. The highest BCUT2D eigenvalue weighted by Crippen LogP contribution is 2.04. The number of methoxy groups -OCH3 is 1. The van der Waals surface area contributed by atoms with Crippen molar-refractivity contribution < 1.29 is 4.74 Å². The highest BCUT2D eigenvalue weighted by atomic mass is 16.5. The Morgan fingerprint density at radius 2 is 2.42 bits per heavy atom. The number of nitrogens with zero attached hydrogens (tertiary/aromatic N) is 2. The molecule has 0 saturated carbocycles. The molecule has 0 radical (unpaired) electrons. The fourth-order valence-corrected chi connectivity index (χ4v) is 1.17. The zero-order valence-corrected chi connectivity index (χ0v) is 7.79. The van der Waals surface area contributed by atoms with Crippen molar-refractivity contribution in [2.75, 3.05) is 7.11 Å². The van der Waals surface area contributed by atoms with Crippen molar-refractivity contribution in [3.63, 3.8) is 0 Å². The molecule has 3 nitrogen and oxygen atoms in total. The van der Waals surface area contributed by atoms with Crippen molar-refractivity contribution in [1.29, 1.82) is 0 Å². The van der Waals surface area contributed by atoms with Gasteiger partial charge in [-0.05, 0) is 12.8 Å². The number of aryl methyl sites for hydroxylation is 1. The third-order valence-electron chi connectivity index (χ3n) is 1.85. The minimum Gasteiger partial charge on any atom is -0.364 e. The van der Waals surface area contributed by atoms with Crippen LogP contribution in [-0.4, -0.2) is 16.7 Å². The van der Waals surface area contributed by atoms with Crippen LogP contribution in [0.4, 0.5) is 0 Å². The van der Waals surface area contributed by atoms with Crippen molar-refractivity contribution >= 4 is 0 Å². The van der Waals surface area contributed by atoms with Gasteiger partial charge in [0.15, 0.2) is 0 Å². The first kappa shape index (κ1) is 9.26. The Labute approximate surface area is 73.4 Å². The number of rotatable bonds is 5. The van der Waals surface area contributed by atoms with E-state index in [0.717, 1.165) is 6.42 Å². The third-order valence-corrected chi connectivity index (χ3v) is 1.85. The summed E-state index contributed by atoms with van der Waals surface area (Å²) in [6.07, 6.45) is 7.26. The Kier molecular flexibility index (Phi) is 3.80. The molecule has 0 amide bonds. The predicted octanol–water partition coefficient (Wildman–Crippen LogP) is 1.83. The molecular weight excluding hydrogens is 152 g/mol. The highest BCUT2D eigenvalue weighted by molar-refractivity contribution is 4.97. The normalized spacial score (nSPS) is 10.5. The molecule has 1 rings (SSSR count). The van der Waals surface area contributed by atoms with Gasteiger partial charge in [-0.3, -0.25) is 0 Å². The van der Waals surface area contributed by atoms with Gasteiger partial charge in [0, 0.05) is 19.0 Å². The van der Waals surface area contributed by atoms with Crippen LogP contribution in [0.15, 0.2) is 12.5 Å². The molecule has 0 bridgehead atoms.